The number of hydrogen-bond donors (Lipinski definition) is 0. The number of hydrogen-bond acceptors (Lipinski definition) is 5. The summed E-state index contributed by atoms with van der Waals surface area (Å²) in [4.78, 5) is 9.51. The molecule has 0 spiro atoms. The van der Waals surface area contributed by atoms with Crippen LogP contribution in [-0.4, -0.2) is 87.4 Å². The molecule has 2 aromatic carbocycles. The second kappa shape index (κ2) is 10.9. The molecule has 0 N–H and O–H groups in total. The molecule has 2 aromatic rings. The summed E-state index contributed by atoms with van der Waals surface area (Å²) in [7, 11) is 8.77. The highest BCUT2D eigenvalue weighted by molar-refractivity contribution is 5.28. The smallest absolute Gasteiger partial charge is 0.101 e. The number of benzene rings is 2. The van der Waals surface area contributed by atoms with Crippen molar-refractivity contribution < 1.29 is 4.74 Å². The number of nitrogens with zero attached hydrogens (tertiary/aromatic N) is 4. The van der Waals surface area contributed by atoms with Gasteiger partial charge in [-0.25, -0.2) is 0 Å². The van der Waals surface area contributed by atoms with E-state index < -0.39 is 0 Å². The molecule has 0 unspecified atom stereocenters. The van der Waals surface area contributed by atoms with Crippen LogP contribution in [0.2, 0.25) is 0 Å². The predicted octanol–water partition coefficient (Wildman–Crippen LogP) is 3.14. The van der Waals surface area contributed by atoms with Crippen molar-refractivity contribution in [3.8, 4) is 0 Å². The van der Waals surface area contributed by atoms with Crippen LogP contribution in [0, 0.1) is 0 Å². The van der Waals surface area contributed by atoms with Crippen molar-refractivity contribution in [2.45, 2.75) is 12.1 Å². The van der Waals surface area contributed by atoms with E-state index in [0.29, 0.717) is 13.5 Å². The molecule has 0 aliphatic carbocycles. The summed E-state index contributed by atoms with van der Waals surface area (Å²) in [5, 5.41) is 0. The molecule has 0 radical (unpaired) electrons. The maximum Gasteiger partial charge on any atom is 0.101 e. The first-order valence-corrected chi connectivity index (χ1v) is 10.5. The molecule has 0 bridgehead atoms. The van der Waals surface area contributed by atoms with Crippen LogP contribution in [0.15, 0.2) is 60.7 Å². The molecule has 2 atom stereocenters. The van der Waals surface area contributed by atoms with Gasteiger partial charge in [-0.1, -0.05) is 60.7 Å². The van der Waals surface area contributed by atoms with Gasteiger partial charge in [0, 0.05) is 26.2 Å². The third kappa shape index (κ3) is 6.11. The van der Waals surface area contributed by atoms with Crippen molar-refractivity contribution in [1.29, 1.82) is 0 Å². The predicted molar refractivity (Wildman–Crippen MR) is 120 cm³/mol. The first-order valence-electron chi connectivity index (χ1n) is 10.5. The molecule has 5 nitrogen and oxygen atoms in total. The average molecular weight is 397 g/mol. The molecule has 3 rings (SSSR count). The third-order valence-electron chi connectivity index (χ3n) is 5.82. The highest BCUT2D eigenvalue weighted by atomic mass is 16.5. The molecule has 158 valence electrons. The van der Waals surface area contributed by atoms with Crippen molar-refractivity contribution in [3.63, 3.8) is 0 Å². The lowest BCUT2D eigenvalue weighted by molar-refractivity contribution is -0.0152. The Morgan fingerprint density at radius 1 is 0.586 bits per heavy atom. The van der Waals surface area contributed by atoms with Crippen molar-refractivity contribution in [1.82, 2.24) is 19.6 Å². The summed E-state index contributed by atoms with van der Waals surface area (Å²) in [5.41, 5.74) is 2.72. The standard InChI is InChI=1S/C24H36N4O/c1-25-15-17-27(3)23(21-11-7-5-8-12-21)24(22-13-9-6-10-14-22)28(4)18-16-26(2)20-29-19-25/h5-14,23-24H,15-20H2,1-4H3/t23-,24-/m0/s1. The van der Waals surface area contributed by atoms with Gasteiger partial charge >= 0.3 is 0 Å². The number of likely N-dealkylation sites (N-methyl/N-ethyl adjacent to an activating group) is 4. The number of ether oxygens (including phenoxy) is 1. The SMILES string of the molecule is CN1CCN(C)[C@@H](c2ccccc2)[C@H](c2ccccc2)N(C)CCN(C)COC1. The Kier molecular flexibility index (Phi) is 8.21. The molecule has 0 aromatic heterocycles. The monoisotopic (exact) mass is 396 g/mol. The average Bonchev–Trinajstić information content (AvgIpc) is 2.75. The summed E-state index contributed by atoms with van der Waals surface area (Å²) < 4.78 is 5.88. The van der Waals surface area contributed by atoms with E-state index in [9.17, 15) is 0 Å². The van der Waals surface area contributed by atoms with Crippen LogP contribution in [0.1, 0.15) is 23.2 Å². The summed E-state index contributed by atoms with van der Waals surface area (Å²) >= 11 is 0. The van der Waals surface area contributed by atoms with Crippen molar-refractivity contribution in [2.24, 2.45) is 0 Å². The van der Waals surface area contributed by atoms with Gasteiger partial charge in [0.2, 0.25) is 0 Å². The normalized spacial score (nSPS) is 25.1. The minimum absolute atomic E-state index is 0.268. The lowest BCUT2D eigenvalue weighted by Crippen LogP contribution is -2.42. The molecule has 29 heavy (non-hydrogen) atoms. The Morgan fingerprint density at radius 3 is 1.34 bits per heavy atom. The van der Waals surface area contributed by atoms with Gasteiger partial charge in [0.05, 0.1) is 12.1 Å². The van der Waals surface area contributed by atoms with Crippen LogP contribution in [0.4, 0.5) is 0 Å². The summed E-state index contributed by atoms with van der Waals surface area (Å²) in [6, 6.07) is 22.4. The molecule has 1 aliphatic heterocycles. The quantitative estimate of drug-likeness (QED) is 0.776. The van der Waals surface area contributed by atoms with Crippen LogP contribution in [0.3, 0.4) is 0 Å². The fourth-order valence-electron chi connectivity index (χ4n) is 4.07. The summed E-state index contributed by atoms with van der Waals surface area (Å²) in [6.45, 7) is 5.21. The molecule has 0 amide bonds. The van der Waals surface area contributed by atoms with Crippen molar-refractivity contribution in [3.05, 3.63) is 71.8 Å². The van der Waals surface area contributed by atoms with E-state index in [2.05, 4.69) is 108 Å². The van der Waals surface area contributed by atoms with Gasteiger partial charge in [-0.3, -0.25) is 19.6 Å². The Balaban J connectivity index is 1.99. The summed E-state index contributed by atoms with van der Waals surface area (Å²) in [6.07, 6.45) is 0. The van der Waals surface area contributed by atoms with E-state index in [-0.39, 0.29) is 12.1 Å². The zero-order valence-electron chi connectivity index (χ0n) is 18.4. The second-order valence-electron chi connectivity index (χ2n) is 8.29. The highest BCUT2D eigenvalue weighted by Crippen LogP contribution is 2.37. The maximum absolute atomic E-state index is 5.88. The van der Waals surface area contributed by atoms with E-state index in [1.807, 2.05) is 0 Å². The third-order valence-corrected chi connectivity index (χ3v) is 5.82. The maximum atomic E-state index is 5.88. The van der Waals surface area contributed by atoms with Gasteiger partial charge in [-0.05, 0) is 39.3 Å². The van der Waals surface area contributed by atoms with Gasteiger partial charge in [0.25, 0.3) is 0 Å². The Bertz CT molecular complexity index is 650. The van der Waals surface area contributed by atoms with Crippen molar-refractivity contribution in [2.75, 3.05) is 67.8 Å². The van der Waals surface area contributed by atoms with Crippen LogP contribution in [-0.2, 0) is 4.74 Å². The van der Waals surface area contributed by atoms with E-state index in [4.69, 9.17) is 4.74 Å². The zero-order valence-corrected chi connectivity index (χ0v) is 18.4. The highest BCUT2D eigenvalue weighted by Gasteiger charge is 2.31. The first-order chi connectivity index (χ1) is 14.1. The minimum atomic E-state index is 0.268. The first kappa shape index (κ1) is 21.9. The zero-order chi connectivity index (χ0) is 20.6. The Morgan fingerprint density at radius 2 is 0.966 bits per heavy atom. The van der Waals surface area contributed by atoms with Gasteiger partial charge < -0.3 is 4.74 Å². The van der Waals surface area contributed by atoms with Gasteiger partial charge in [0.15, 0.2) is 0 Å². The fourth-order valence-corrected chi connectivity index (χ4v) is 4.07. The van der Waals surface area contributed by atoms with Gasteiger partial charge in [-0.2, -0.15) is 0 Å². The van der Waals surface area contributed by atoms with E-state index in [1.54, 1.807) is 0 Å². The molecule has 0 saturated carbocycles. The van der Waals surface area contributed by atoms with E-state index >= 15 is 0 Å². The van der Waals surface area contributed by atoms with E-state index in [0.717, 1.165) is 26.2 Å². The molecule has 1 saturated heterocycles. The van der Waals surface area contributed by atoms with Gasteiger partial charge in [0.1, 0.15) is 13.5 Å². The summed E-state index contributed by atoms with van der Waals surface area (Å²) in [5.74, 6) is 0. The molecule has 1 fully saturated rings. The molecule has 1 heterocycles. The lowest BCUT2D eigenvalue weighted by Gasteiger charge is -2.41. The Hall–Kier alpha value is -1.76. The number of rotatable bonds is 2. The van der Waals surface area contributed by atoms with Crippen LogP contribution in [0.25, 0.3) is 0 Å². The Labute approximate surface area is 176 Å². The fraction of sp³-hybridized carbons (Fsp3) is 0.500. The largest absolute Gasteiger partial charge is 0.351 e. The lowest BCUT2D eigenvalue weighted by atomic mass is 9.91. The van der Waals surface area contributed by atoms with Gasteiger partial charge in [-0.15, -0.1) is 0 Å². The van der Waals surface area contributed by atoms with Crippen LogP contribution >= 0.6 is 0 Å². The molecule has 1 aliphatic rings. The molecular formula is C24H36N4O. The minimum Gasteiger partial charge on any atom is -0.351 e. The van der Waals surface area contributed by atoms with Crippen LogP contribution in [0.5, 0.6) is 0 Å². The molecule has 5 heteroatoms. The van der Waals surface area contributed by atoms with Crippen LogP contribution < -0.4 is 0 Å². The topological polar surface area (TPSA) is 22.2 Å². The molecular weight excluding hydrogens is 360 g/mol. The second-order valence-corrected chi connectivity index (χ2v) is 8.29. The van der Waals surface area contributed by atoms with Crippen molar-refractivity contribution >= 4 is 0 Å². The van der Waals surface area contributed by atoms with E-state index in [1.165, 1.54) is 11.1 Å².